The molecular formula is C11H16O5. The molecule has 5 heteroatoms. The van der Waals surface area contributed by atoms with Crippen molar-refractivity contribution in [3.05, 3.63) is 0 Å². The largest absolute Gasteiger partial charge is 0.359 e. The van der Waals surface area contributed by atoms with Crippen molar-refractivity contribution in [3.8, 4) is 0 Å². The summed E-state index contributed by atoms with van der Waals surface area (Å²) in [7, 11) is 0. The van der Waals surface area contributed by atoms with Crippen LogP contribution in [0.3, 0.4) is 0 Å². The predicted octanol–water partition coefficient (Wildman–Crippen LogP) is 1.02. The first-order valence-corrected chi connectivity index (χ1v) is 5.79. The van der Waals surface area contributed by atoms with Gasteiger partial charge in [0.05, 0.1) is 0 Å². The normalized spacial score (nSPS) is 55.4. The number of carbonyl (C=O) groups is 1. The quantitative estimate of drug-likeness (QED) is 0.627. The van der Waals surface area contributed by atoms with Crippen molar-refractivity contribution in [2.24, 2.45) is 11.8 Å². The topological polar surface area (TPSA) is 54.0 Å². The van der Waals surface area contributed by atoms with E-state index in [9.17, 15) is 4.79 Å². The number of ketones is 1. The fraction of sp³-hybridized carbons (Fsp3) is 0.909. The lowest BCUT2D eigenvalue weighted by Crippen LogP contribution is -2.65. The summed E-state index contributed by atoms with van der Waals surface area (Å²) in [6.07, 6.45) is -0.812. The third-order valence-corrected chi connectivity index (χ3v) is 4.17. The van der Waals surface area contributed by atoms with E-state index in [1.54, 1.807) is 0 Å². The molecular weight excluding hydrogens is 212 g/mol. The van der Waals surface area contributed by atoms with Gasteiger partial charge in [-0.15, -0.1) is 0 Å². The molecule has 3 fully saturated rings. The van der Waals surface area contributed by atoms with E-state index in [2.05, 4.69) is 0 Å². The fourth-order valence-corrected chi connectivity index (χ4v) is 2.96. The monoisotopic (exact) mass is 228 g/mol. The van der Waals surface area contributed by atoms with Crippen LogP contribution >= 0.6 is 0 Å². The van der Waals surface area contributed by atoms with Crippen molar-refractivity contribution < 1.29 is 24.0 Å². The summed E-state index contributed by atoms with van der Waals surface area (Å²) >= 11 is 0. The summed E-state index contributed by atoms with van der Waals surface area (Å²) in [6, 6.07) is 0. The van der Waals surface area contributed by atoms with Crippen LogP contribution in [0.4, 0.5) is 0 Å². The van der Waals surface area contributed by atoms with Crippen molar-refractivity contribution in [1.82, 2.24) is 0 Å². The fourth-order valence-electron chi connectivity index (χ4n) is 2.96. The van der Waals surface area contributed by atoms with Crippen LogP contribution in [-0.2, 0) is 24.0 Å². The van der Waals surface area contributed by atoms with Gasteiger partial charge in [-0.05, 0) is 6.42 Å². The highest BCUT2D eigenvalue weighted by atomic mass is 17.3. The molecule has 0 aromatic heterocycles. The van der Waals surface area contributed by atoms with Crippen LogP contribution in [0.25, 0.3) is 0 Å². The first-order chi connectivity index (χ1) is 7.60. The average molecular weight is 228 g/mol. The predicted molar refractivity (Wildman–Crippen MR) is 52.1 cm³/mol. The number of fused-ring (bicyclic) bond motifs is 6. The number of hydrogen-bond acceptors (Lipinski definition) is 5. The zero-order chi connectivity index (χ0) is 11.5. The average Bonchev–Trinajstić information content (AvgIpc) is 2.73. The Morgan fingerprint density at radius 1 is 1.31 bits per heavy atom. The molecule has 3 rings (SSSR count). The molecule has 90 valence electrons. The Morgan fingerprint density at radius 2 is 2.06 bits per heavy atom. The van der Waals surface area contributed by atoms with E-state index in [4.69, 9.17) is 19.2 Å². The molecule has 0 aromatic rings. The summed E-state index contributed by atoms with van der Waals surface area (Å²) in [4.78, 5) is 22.4. The van der Waals surface area contributed by atoms with Crippen LogP contribution in [0.5, 0.6) is 0 Å². The molecule has 0 aromatic carbocycles. The molecule has 3 aliphatic heterocycles. The lowest BCUT2D eigenvalue weighted by molar-refractivity contribution is -0.318. The van der Waals surface area contributed by atoms with Crippen LogP contribution in [0.1, 0.15) is 27.2 Å². The van der Waals surface area contributed by atoms with Crippen molar-refractivity contribution >= 4 is 5.78 Å². The molecule has 0 N–H and O–H groups in total. The highest BCUT2D eigenvalue weighted by Gasteiger charge is 2.64. The maximum Gasteiger partial charge on any atom is 0.223 e. The van der Waals surface area contributed by atoms with Gasteiger partial charge in [-0.2, -0.15) is 9.78 Å². The second kappa shape index (κ2) is 3.26. The van der Waals surface area contributed by atoms with Gasteiger partial charge in [0.25, 0.3) is 0 Å². The molecule has 3 heterocycles. The van der Waals surface area contributed by atoms with Crippen molar-refractivity contribution in [2.75, 3.05) is 0 Å². The summed E-state index contributed by atoms with van der Waals surface area (Å²) < 4.78 is 11.7. The van der Waals surface area contributed by atoms with Crippen molar-refractivity contribution in [2.45, 2.75) is 51.5 Å². The van der Waals surface area contributed by atoms with Crippen LogP contribution in [-0.4, -0.2) is 30.1 Å². The van der Waals surface area contributed by atoms with E-state index >= 15 is 0 Å². The van der Waals surface area contributed by atoms with Gasteiger partial charge < -0.3 is 9.47 Å². The number of rotatable bonds is 1. The summed E-state index contributed by atoms with van der Waals surface area (Å²) in [5, 5.41) is 0. The molecule has 3 saturated heterocycles. The number of hydrogen-bond donors (Lipinski definition) is 0. The summed E-state index contributed by atoms with van der Waals surface area (Å²) in [5.74, 6) is -0.218. The van der Waals surface area contributed by atoms with E-state index in [1.807, 2.05) is 20.8 Å². The van der Waals surface area contributed by atoms with E-state index < -0.39 is 18.2 Å². The van der Waals surface area contributed by atoms with Crippen LogP contribution in [0.2, 0.25) is 0 Å². The maximum atomic E-state index is 12.2. The zero-order valence-electron chi connectivity index (χ0n) is 9.64. The number of carbonyl (C=O) groups excluding carboxylic acids is 1. The number of Topliss-reactive ketones (excluding diaryl/α,β-unsaturated/α-hetero) is 1. The van der Waals surface area contributed by atoms with Gasteiger partial charge >= 0.3 is 0 Å². The standard InChI is InChI=1S/C11H16O5/c1-4-11-6(3)7(12)5(2)8(14-11)9-13-10(11)16-15-9/h5-6,8-10H,4H2,1-3H3/t5-,6+,8+,9+,10-,11-/m0/s1. The highest BCUT2D eigenvalue weighted by molar-refractivity contribution is 5.85. The minimum Gasteiger partial charge on any atom is -0.359 e. The van der Waals surface area contributed by atoms with E-state index in [0.717, 1.165) is 0 Å². The smallest absolute Gasteiger partial charge is 0.223 e. The van der Waals surface area contributed by atoms with Gasteiger partial charge in [0, 0.05) is 11.8 Å². The molecule has 0 saturated carbocycles. The Balaban J connectivity index is 2.05. The molecule has 0 amide bonds. The van der Waals surface area contributed by atoms with Gasteiger partial charge in [-0.25, -0.2) is 0 Å². The molecule has 4 bridgehead atoms. The molecule has 5 nitrogen and oxygen atoms in total. The highest BCUT2D eigenvalue weighted by Crippen LogP contribution is 2.49. The molecule has 16 heavy (non-hydrogen) atoms. The lowest BCUT2D eigenvalue weighted by atomic mass is 9.73. The van der Waals surface area contributed by atoms with E-state index in [0.29, 0.717) is 6.42 Å². The first kappa shape index (κ1) is 10.7. The van der Waals surface area contributed by atoms with Crippen molar-refractivity contribution in [1.29, 1.82) is 0 Å². The molecule has 3 aliphatic rings. The molecule has 0 radical (unpaired) electrons. The van der Waals surface area contributed by atoms with Gasteiger partial charge in [-0.1, -0.05) is 20.8 Å². The van der Waals surface area contributed by atoms with E-state index in [1.165, 1.54) is 0 Å². The SMILES string of the molecule is CC[C@@]12O[C@@H]([C@H]3OO[C@@H]1O3)[C@@H](C)C(=O)[C@H]2C. The van der Waals surface area contributed by atoms with E-state index in [-0.39, 0.29) is 23.7 Å². The third kappa shape index (κ3) is 1.07. The molecule has 0 aliphatic carbocycles. The number of ether oxygens (including phenoxy) is 2. The van der Waals surface area contributed by atoms with Gasteiger partial charge in [0.15, 0.2) is 0 Å². The Labute approximate surface area is 93.9 Å². The molecule has 6 atom stereocenters. The van der Waals surface area contributed by atoms with Gasteiger partial charge in [-0.3, -0.25) is 4.79 Å². The Bertz CT molecular complexity index is 330. The molecule has 0 spiro atoms. The first-order valence-electron chi connectivity index (χ1n) is 5.79. The van der Waals surface area contributed by atoms with Crippen LogP contribution < -0.4 is 0 Å². The minimum atomic E-state index is -0.679. The lowest BCUT2D eigenvalue weighted by Gasteiger charge is -2.50. The Hall–Kier alpha value is -0.490. The van der Waals surface area contributed by atoms with Crippen LogP contribution in [0.15, 0.2) is 0 Å². The minimum absolute atomic E-state index is 0.206. The van der Waals surface area contributed by atoms with Crippen LogP contribution in [0, 0.1) is 11.8 Å². The summed E-state index contributed by atoms with van der Waals surface area (Å²) in [6.45, 7) is 5.71. The summed E-state index contributed by atoms with van der Waals surface area (Å²) in [5.41, 5.74) is -0.679. The Morgan fingerprint density at radius 3 is 2.75 bits per heavy atom. The zero-order valence-corrected chi connectivity index (χ0v) is 9.64. The third-order valence-electron chi connectivity index (χ3n) is 4.17. The second-order valence-electron chi connectivity index (χ2n) is 4.83. The molecule has 0 unspecified atom stereocenters. The van der Waals surface area contributed by atoms with Gasteiger partial charge in [0.2, 0.25) is 12.6 Å². The van der Waals surface area contributed by atoms with Crippen molar-refractivity contribution in [3.63, 3.8) is 0 Å². The Kier molecular flexibility index (Phi) is 2.17. The van der Waals surface area contributed by atoms with Gasteiger partial charge in [0.1, 0.15) is 17.5 Å². The second-order valence-corrected chi connectivity index (χ2v) is 4.83. The maximum absolute atomic E-state index is 12.2.